The van der Waals surface area contributed by atoms with Crippen LogP contribution in [0.5, 0.6) is 23.0 Å². The number of para-hydroxylation sites is 1. The molecular weight excluding hydrogens is 334 g/mol. The molecule has 2 rings (SSSR count). The summed E-state index contributed by atoms with van der Waals surface area (Å²) in [5.74, 6) is 1.91. The highest BCUT2D eigenvalue weighted by molar-refractivity contribution is 5.98. The van der Waals surface area contributed by atoms with Crippen LogP contribution in [-0.4, -0.2) is 40.4 Å². The van der Waals surface area contributed by atoms with Crippen molar-refractivity contribution in [3.8, 4) is 23.0 Å². The van der Waals surface area contributed by atoms with Crippen LogP contribution in [0.25, 0.3) is 0 Å². The lowest BCUT2D eigenvalue weighted by atomic mass is 10.1. The van der Waals surface area contributed by atoms with Crippen molar-refractivity contribution < 1.29 is 23.7 Å². The molecule has 6 nitrogen and oxygen atoms in total. The van der Waals surface area contributed by atoms with Crippen molar-refractivity contribution in [3.05, 3.63) is 48.0 Å². The second kappa shape index (κ2) is 10.2. The lowest BCUT2D eigenvalue weighted by molar-refractivity contribution is 0.0948. The summed E-state index contributed by atoms with van der Waals surface area (Å²) in [7, 11) is 4.54. The molecule has 0 aliphatic rings. The van der Waals surface area contributed by atoms with Crippen molar-refractivity contribution in [2.24, 2.45) is 0 Å². The maximum Gasteiger partial charge on any atom is 0.255 e. The zero-order valence-electron chi connectivity index (χ0n) is 15.4. The van der Waals surface area contributed by atoms with Gasteiger partial charge in [0.05, 0.1) is 33.5 Å². The van der Waals surface area contributed by atoms with Crippen molar-refractivity contribution >= 4 is 5.91 Å². The molecule has 0 unspecified atom stereocenters. The number of carbonyl (C=O) groups excluding carboxylic acids is 1. The molecule has 2 aromatic rings. The van der Waals surface area contributed by atoms with Gasteiger partial charge in [0.25, 0.3) is 5.91 Å². The van der Waals surface area contributed by atoms with Crippen LogP contribution in [0.15, 0.2) is 42.5 Å². The van der Waals surface area contributed by atoms with Crippen LogP contribution >= 0.6 is 0 Å². The minimum Gasteiger partial charge on any atom is -0.494 e. The Morgan fingerprint density at radius 2 is 1.62 bits per heavy atom. The molecule has 1 N–H and O–H groups in total. The maximum absolute atomic E-state index is 12.4. The van der Waals surface area contributed by atoms with Crippen LogP contribution in [0.2, 0.25) is 0 Å². The van der Waals surface area contributed by atoms with Crippen LogP contribution in [-0.2, 0) is 0 Å². The fraction of sp³-hybridized carbons (Fsp3) is 0.350. The van der Waals surface area contributed by atoms with Crippen molar-refractivity contribution in [1.82, 2.24) is 5.32 Å². The number of hydrogen-bond acceptors (Lipinski definition) is 5. The number of amides is 1. The van der Waals surface area contributed by atoms with E-state index in [1.54, 1.807) is 12.1 Å². The molecule has 0 aliphatic carbocycles. The Kier molecular flexibility index (Phi) is 7.61. The van der Waals surface area contributed by atoms with E-state index in [-0.39, 0.29) is 5.91 Å². The molecular formula is C20H25NO5. The van der Waals surface area contributed by atoms with Gasteiger partial charge in [-0.05, 0) is 37.1 Å². The third-order valence-electron chi connectivity index (χ3n) is 3.82. The number of carbonyl (C=O) groups is 1. The predicted molar refractivity (Wildman–Crippen MR) is 99.6 cm³/mol. The number of benzene rings is 2. The molecule has 0 saturated heterocycles. The first kappa shape index (κ1) is 19.4. The Morgan fingerprint density at radius 3 is 2.27 bits per heavy atom. The molecule has 0 aromatic heterocycles. The Balaban J connectivity index is 1.82. The van der Waals surface area contributed by atoms with E-state index in [9.17, 15) is 4.79 Å². The summed E-state index contributed by atoms with van der Waals surface area (Å²) in [6.07, 6.45) is 1.66. The summed E-state index contributed by atoms with van der Waals surface area (Å²) >= 11 is 0. The first-order valence-corrected chi connectivity index (χ1v) is 8.46. The molecule has 1 amide bonds. The summed E-state index contributed by atoms with van der Waals surface area (Å²) in [4.78, 5) is 12.4. The summed E-state index contributed by atoms with van der Waals surface area (Å²) in [6.45, 7) is 1.16. The van der Waals surface area contributed by atoms with Gasteiger partial charge in [-0.2, -0.15) is 0 Å². The fourth-order valence-electron chi connectivity index (χ4n) is 2.51. The molecule has 0 radical (unpaired) electrons. The predicted octanol–water partition coefficient (Wildman–Crippen LogP) is 3.30. The van der Waals surface area contributed by atoms with Crippen LogP contribution in [0, 0.1) is 0 Å². The molecule has 6 heteroatoms. The monoisotopic (exact) mass is 359 g/mol. The summed E-state index contributed by atoms with van der Waals surface area (Å²) in [5, 5.41) is 2.89. The number of nitrogens with one attached hydrogen (secondary N) is 1. The molecule has 0 aliphatic heterocycles. The largest absolute Gasteiger partial charge is 0.494 e. The number of methoxy groups -OCH3 is 3. The quantitative estimate of drug-likeness (QED) is 0.660. The van der Waals surface area contributed by atoms with Crippen molar-refractivity contribution in [2.45, 2.75) is 12.8 Å². The average molecular weight is 359 g/mol. The SMILES string of the molecule is COc1ccc(C(=O)NCCCCOc2ccccc2)c(OC)c1OC. The highest BCUT2D eigenvalue weighted by Crippen LogP contribution is 2.39. The van der Waals surface area contributed by atoms with Gasteiger partial charge >= 0.3 is 0 Å². The van der Waals surface area contributed by atoms with E-state index in [0.29, 0.717) is 36.0 Å². The van der Waals surface area contributed by atoms with Gasteiger partial charge in [0.2, 0.25) is 5.75 Å². The van der Waals surface area contributed by atoms with Gasteiger partial charge in [-0.15, -0.1) is 0 Å². The number of ether oxygens (including phenoxy) is 4. The number of rotatable bonds is 10. The maximum atomic E-state index is 12.4. The van der Waals surface area contributed by atoms with E-state index in [0.717, 1.165) is 18.6 Å². The average Bonchev–Trinajstić information content (AvgIpc) is 2.69. The highest BCUT2D eigenvalue weighted by atomic mass is 16.5. The Labute approximate surface area is 154 Å². The zero-order chi connectivity index (χ0) is 18.8. The van der Waals surface area contributed by atoms with E-state index >= 15 is 0 Å². The summed E-state index contributed by atoms with van der Waals surface area (Å²) in [6, 6.07) is 13.0. The fourth-order valence-corrected chi connectivity index (χ4v) is 2.51. The van der Waals surface area contributed by atoms with Gasteiger partial charge in [0.1, 0.15) is 5.75 Å². The lowest BCUT2D eigenvalue weighted by Gasteiger charge is -2.15. The normalized spacial score (nSPS) is 10.1. The minimum atomic E-state index is -0.216. The van der Waals surface area contributed by atoms with Gasteiger partial charge in [-0.25, -0.2) is 0 Å². The molecule has 0 atom stereocenters. The van der Waals surface area contributed by atoms with Gasteiger partial charge < -0.3 is 24.3 Å². The molecule has 0 heterocycles. The van der Waals surface area contributed by atoms with Crippen molar-refractivity contribution in [3.63, 3.8) is 0 Å². The molecule has 26 heavy (non-hydrogen) atoms. The van der Waals surface area contributed by atoms with Gasteiger partial charge in [-0.3, -0.25) is 4.79 Å². The third-order valence-corrected chi connectivity index (χ3v) is 3.82. The van der Waals surface area contributed by atoms with E-state index in [1.807, 2.05) is 30.3 Å². The number of unbranched alkanes of at least 4 members (excludes halogenated alkanes) is 1. The molecule has 0 spiro atoms. The zero-order valence-corrected chi connectivity index (χ0v) is 15.4. The van der Waals surface area contributed by atoms with Crippen LogP contribution in [0.1, 0.15) is 23.2 Å². The molecule has 0 saturated carbocycles. The van der Waals surface area contributed by atoms with Crippen molar-refractivity contribution in [1.29, 1.82) is 0 Å². The first-order chi connectivity index (χ1) is 12.7. The van der Waals surface area contributed by atoms with E-state index in [1.165, 1.54) is 21.3 Å². The lowest BCUT2D eigenvalue weighted by Crippen LogP contribution is -2.25. The molecule has 2 aromatic carbocycles. The third kappa shape index (κ3) is 5.05. The Hall–Kier alpha value is -2.89. The van der Waals surface area contributed by atoms with Crippen LogP contribution in [0.4, 0.5) is 0 Å². The summed E-state index contributed by atoms with van der Waals surface area (Å²) in [5.41, 5.74) is 0.408. The second-order valence-electron chi connectivity index (χ2n) is 5.51. The molecule has 0 fully saturated rings. The van der Waals surface area contributed by atoms with Gasteiger partial charge in [0, 0.05) is 6.54 Å². The molecule has 0 bridgehead atoms. The van der Waals surface area contributed by atoms with Gasteiger partial charge in [-0.1, -0.05) is 18.2 Å². The standard InChI is InChI=1S/C20H25NO5/c1-23-17-12-11-16(18(24-2)19(17)25-3)20(22)21-13-7-8-14-26-15-9-5-4-6-10-15/h4-6,9-12H,7-8,13-14H2,1-3H3,(H,21,22). The highest BCUT2D eigenvalue weighted by Gasteiger charge is 2.20. The minimum absolute atomic E-state index is 0.216. The van der Waals surface area contributed by atoms with Gasteiger partial charge in [0.15, 0.2) is 11.5 Å². The summed E-state index contributed by atoms with van der Waals surface area (Å²) < 4.78 is 21.5. The first-order valence-electron chi connectivity index (χ1n) is 8.46. The Bertz CT molecular complexity index is 703. The smallest absolute Gasteiger partial charge is 0.255 e. The number of hydrogen-bond donors (Lipinski definition) is 1. The molecule has 140 valence electrons. The van der Waals surface area contributed by atoms with Crippen LogP contribution in [0.3, 0.4) is 0 Å². The second-order valence-corrected chi connectivity index (χ2v) is 5.51. The van der Waals surface area contributed by atoms with E-state index in [4.69, 9.17) is 18.9 Å². The van der Waals surface area contributed by atoms with Crippen molar-refractivity contribution in [2.75, 3.05) is 34.5 Å². The Morgan fingerprint density at radius 1 is 0.885 bits per heavy atom. The van der Waals surface area contributed by atoms with Crippen LogP contribution < -0.4 is 24.3 Å². The van der Waals surface area contributed by atoms with E-state index < -0.39 is 0 Å². The topological polar surface area (TPSA) is 66.0 Å². The van der Waals surface area contributed by atoms with E-state index in [2.05, 4.69) is 5.32 Å².